The van der Waals surface area contributed by atoms with Gasteiger partial charge in [0.2, 0.25) is 0 Å². The van der Waals surface area contributed by atoms with Gasteiger partial charge in [-0.2, -0.15) is 5.10 Å². The number of nitrogens with zero attached hydrogens (tertiary/aromatic N) is 4. The quantitative estimate of drug-likeness (QED) is 0.223. The van der Waals surface area contributed by atoms with E-state index in [0.29, 0.717) is 16.0 Å². The normalized spacial score (nSPS) is 11.0. The van der Waals surface area contributed by atoms with Gasteiger partial charge in [-0.25, -0.2) is 5.43 Å². The minimum atomic E-state index is -0.267. The molecule has 0 aliphatic carbocycles. The van der Waals surface area contributed by atoms with Crippen LogP contribution in [0.25, 0.3) is 17.1 Å². The van der Waals surface area contributed by atoms with Gasteiger partial charge in [-0.3, -0.25) is 9.36 Å². The van der Waals surface area contributed by atoms with Gasteiger partial charge < -0.3 is 4.74 Å². The van der Waals surface area contributed by atoms with Crippen LogP contribution in [0.3, 0.4) is 0 Å². The van der Waals surface area contributed by atoms with Gasteiger partial charge in [0.05, 0.1) is 19.1 Å². The molecule has 4 aromatic rings. The maximum Gasteiger partial charge on any atom is 0.250 e. The molecule has 0 atom stereocenters. The molecule has 1 amide bonds. The van der Waals surface area contributed by atoms with Gasteiger partial charge in [0.15, 0.2) is 11.0 Å². The Morgan fingerprint density at radius 2 is 1.79 bits per heavy atom. The smallest absolute Gasteiger partial charge is 0.250 e. The molecule has 33 heavy (non-hydrogen) atoms. The van der Waals surface area contributed by atoms with E-state index < -0.39 is 0 Å². The number of hydrazone groups is 1. The van der Waals surface area contributed by atoms with E-state index in [-0.39, 0.29) is 11.7 Å². The predicted octanol–water partition coefficient (Wildman–Crippen LogP) is 4.84. The van der Waals surface area contributed by atoms with E-state index in [4.69, 9.17) is 16.3 Å². The molecular formula is C24H20ClN5O2S. The largest absolute Gasteiger partial charge is 0.497 e. The average molecular weight is 478 g/mol. The number of carbonyl (C=O) groups is 1. The minimum Gasteiger partial charge on any atom is -0.497 e. The summed E-state index contributed by atoms with van der Waals surface area (Å²) in [6, 6.07) is 24.6. The van der Waals surface area contributed by atoms with E-state index in [1.807, 2.05) is 77.4 Å². The zero-order valence-corrected chi connectivity index (χ0v) is 19.3. The van der Waals surface area contributed by atoms with Gasteiger partial charge in [-0.15, -0.1) is 10.2 Å². The number of para-hydroxylation sites is 1. The zero-order chi connectivity index (χ0) is 23.0. The van der Waals surface area contributed by atoms with E-state index in [1.165, 1.54) is 18.0 Å². The van der Waals surface area contributed by atoms with E-state index in [1.54, 1.807) is 13.2 Å². The molecule has 3 aromatic carbocycles. The number of aromatic nitrogens is 3. The Morgan fingerprint density at radius 1 is 1.06 bits per heavy atom. The van der Waals surface area contributed by atoms with Gasteiger partial charge in [-0.1, -0.05) is 59.8 Å². The molecule has 0 saturated carbocycles. The number of carbonyl (C=O) groups excluding carboxylic acids is 1. The minimum absolute atomic E-state index is 0.118. The first kappa shape index (κ1) is 22.6. The number of ether oxygens (including phenoxy) is 1. The van der Waals surface area contributed by atoms with Crippen molar-refractivity contribution in [1.29, 1.82) is 0 Å². The summed E-state index contributed by atoms with van der Waals surface area (Å²) < 4.78 is 7.17. The second-order valence-electron chi connectivity index (χ2n) is 6.81. The molecule has 7 nitrogen and oxygen atoms in total. The number of amides is 1. The first-order chi connectivity index (χ1) is 16.2. The fourth-order valence-corrected chi connectivity index (χ4v) is 3.95. The Balaban J connectivity index is 1.51. The van der Waals surface area contributed by atoms with Crippen LogP contribution in [0.15, 0.2) is 89.1 Å². The molecule has 0 unspecified atom stereocenters. The van der Waals surface area contributed by atoms with Crippen molar-refractivity contribution in [3.05, 3.63) is 89.4 Å². The zero-order valence-electron chi connectivity index (χ0n) is 17.7. The van der Waals surface area contributed by atoms with Crippen molar-refractivity contribution in [1.82, 2.24) is 20.2 Å². The number of halogens is 1. The van der Waals surface area contributed by atoms with E-state index >= 15 is 0 Å². The summed E-state index contributed by atoms with van der Waals surface area (Å²) in [5.74, 6) is 1.28. The molecule has 1 N–H and O–H groups in total. The number of hydrogen-bond donors (Lipinski definition) is 1. The lowest BCUT2D eigenvalue weighted by Crippen LogP contribution is -2.20. The molecule has 0 spiro atoms. The van der Waals surface area contributed by atoms with Crippen molar-refractivity contribution in [2.75, 3.05) is 12.9 Å². The highest BCUT2D eigenvalue weighted by atomic mass is 35.5. The third-order valence-electron chi connectivity index (χ3n) is 4.63. The monoisotopic (exact) mass is 477 g/mol. The van der Waals surface area contributed by atoms with Gasteiger partial charge in [-0.05, 0) is 42.5 Å². The Labute approximate surface area is 200 Å². The number of hydrogen-bond acceptors (Lipinski definition) is 6. The van der Waals surface area contributed by atoms with Crippen LogP contribution in [0.4, 0.5) is 0 Å². The number of benzene rings is 3. The van der Waals surface area contributed by atoms with Crippen LogP contribution in [0.5, 0.6) is 5.75 Å². The Hall–Kier alpha value is -3.62. The van der Waals surface area contributed by atoms with Crippen LogP contribution in [-0.4, -0.2) is 39.7 Å². The first-order valence-corrected chi connectivity index (χ1v) is 11.4. The maximum absolute atomic E-state index is 12.3. The number of thioether (sulfide) groups is 1. The van der Waals surface area contributed by atoms with E-state index in [2.05, 4.69) is 20.7 Å². The summed E-state index contributed by atoms with van der Waals surface area (Å²) >= 11 is 7.37. The fourth-order valence-electron chi connectivity index (χ4n) is 3.02. The SMILES string of the molecule is COc1ccc(-c2nnc(SCC(=O)N/N=C/c3ccccc3Cl)n2-c2ccccc2)cc1. The van der Waals surface area contributed by atoms with E-state index in [0.717, 1.165) is 22.6 Å². The van der Waals surface area contributed by atoms with Gasteiger partial charge in [0, 0.05) is 21.8 Å². The molecule has 0 fully saturated rings. The van der Waals surface area contributed by atoms with Crippen LogP contribution in [0.1, 0.15) is 5.56 Å². The van der Waals surface area contributed by atoms with Crippen molar-refractivity contribution >= 4 is 35.5 Å². The lowest BCUT2D eigenvalue weighted by Gasteiger charge is -2.10. The van der Waals surface area contributed by atoms with Gasteiger partial charge in [0.25, 0.3) is 5.91 Å². The molecule has 1 heterocycles. The number of nitrogens with one attached hydrogen (secondary N) is 1. The van der Waals surface area contributed by atoms with Crippen LogP contribution in [0.2, 0.25) is 5.02 Å². The molecule has 4 rings (SSSR count). The van der Waals surface area contributed by atoms with Gasteiger partial charge in [0.1, 0.15) is 5.75 Å². The summed E-state index contributed by atoms with van der Waals surface area (Å²) in [5.41, 5.74) is 5.02. The van der Waals surface area contributed by atoms with Gasteiger partial charge >= 0.3 is 0 Å². The number of rotatable bonds is 8. The molecular weight excluding hydrogens is 458 g/mol. The van der Waals surface area contributed by atoms with Crippen molar-refractivity contribution in [2.45, 2.75) is 5.16 Å². The van der Waals surface area contributed by atoms with Crippen LogP contribution in [0, 0.1) is 0 Å². The summed E-state index contributed by atoms with van der Waals surface area (Å²) in [4.78, 5) is 12.3. The summed E-state index contributed by atoms with van der Waals surface area (Å²) in [5, 5.41) is 13.9. The third kappa shape index (κ3) is 5.60. The first-order valence-electron chi connectivity index (χ1n) is 10.00. The van der Waals surface area contributed by atoms with Crippen molar-refractivity contribution < 1.29 is 9.53 Å². The average Bonchev–Trinajstić information content (AvgIpc) is 3.28. The Kier molecular flexibility index (Phi) is 7.39. The van der Waals surface area contributed by atoms with Crippen molar-refractivity contribution in [3.8, 4) is 22.8 Å². The Bertz CT molecular complexity index is 1260. The Morgan fingerprint density at radius 3 is 2.52 bits per heavy atom. The molecule has 0 aliphatic heterocycles. The molecule has 166 valence electrons. The molecule has 9 heteroatoms. The van der Waals surface area contributed by atoms with Crippen molar-refractivity contribution in [2.24, 2.45) is 5.10 Å². The highest BCUT2D eigenvalue weighted by molar-refractivity contribution is 7.99. The molecule has 0 saturated heterocycles. The van der Waals surface area contributed by atoms with Crippen LogP contribution in [-0.2, 0) is 4.79 Å². The summed E-state index contributed by atoms with van der Waals surface area (Å²) in [6.07, 6.45) is 1.51. The standard InChI is InChI=1S/C24H20ClN5O2S/c1-32-20-13-11-17(12-14-20)23-28-29-24(30(23)19-8-3-2-4-9-19)33-16-22(31)27-26-15-18-7-5-6-10-21(18)25/h2-15H,16H2,1H3,(H,27,31)/b26-15+. The van der Waals surface area contributed by atoms with Crippen LogP contribution >= 0.6 is 23.4 Å². The summed E-state index contributed by atoms with van der Waals surface area (Å²) in [6.45, 7) is 0. The third-order valence-corrected chi connectivity index (χ3v) is 5.90. The fraction of sp³-hybridized carbons (Fsp3) is 0.0833. The molecule has 0 radical (unpaired) electrons. The van der Waals surface area contributed by atoms with E-state index in [9.17, 15) is 4.79 Å². The lowest BCUT2D eigenvalue weighted by atomic mass is 10.2. The second kappa shape index (κ2) is 10.8. The predicted molar refractivity (Wildman–Crippen MR) is 131 cm³/mol. The summed E-state index contributed by atoms with van der Waals surface area (Å²) in [7, 11) is 1.62. The molecule has 0 aliphatic rings. The highest BCUT2D eigenvalue weighted by Gasteiger charge is 2.17. The maximum atomic E-state index is 12.3. The van der Waals surface area contributed by atoms with Crippen LogP contribution < -0.4 is 10.2 Å². The topological polar surface area (TPSA) is 81.4 Å². The highest BCUT2D eigenvalue weighted by Crippen LogP contribution is 2.28. The number of methoxy groups -OCH3 is 1. The molecule has 0 bridgehead atoms. The lowest BCUT2D eigenvalue weighted by molar-refractivity contribution is -0.118. The van der Waals surface area contributed by atoms with Crippen molar-refractivity contribution in [3.63, 3.8) is 0 Å². The molecule has 1 aromatic heterocycles. The second-order valence-corrected chi connectivity index (χ2v) is 8.16.